The van der Waals surface area contributed by atoms with Crippen molar-refractivity contribution in [3.63, 3.8) is 0 Å². The van der Waals surface area contributed by atoms with Gasteiger partial charge in [-0.2, -0.15) is 0 Å². The highest BCUT2D eigenvalue weighted by Crippen LogP contribution is 2.29. The van der Waals surface area contributed by atoms with Gasteiger partial charge in [0.25, 0.3) is 5.89 Å². The van der Waals surface area contributed by atoms with E-state index in [1.165, 1.54) is 0 Å². The number of amides is 1. The highest BCUT2D eigenvalue weighted by Gasteiger charge is 2.27. The SMILES string of the molecule is C=CCCC(=O)N1CCC(c2nnc(-c3ccoc3)o2)CC1. The summed E-state index contributed by atoms with van der Waals surface area (Å²) in [6.45, 7) is 5.13. The molecule has 2 aromatic heterocycles. The number of carbonyl (C=O) groups is 1. The molecule has 1 aliphatic heterocycles. The highest BCUT2D eigenvalue weighted by molar-refractivity contribution is 5.76. The Hall–Kier alpha value is -2.37. The minimum Gasteiger partial charge on any atom is -0.472 e. The van der Waals surface area contributed by atoms with Gasteiger partial charge >= 0.3 is 0 Å². The number of allylic oxidation sites excluding steroid dienone is 1. The Morgan fingerprint density at radius 1 is 1.41 bits per heavy atom. The number of hydrogen-bond acceptors (Lipinski definition) is 5. The van der Waals surface area contributed by atoms with Gasteiger partial charge in [0.1, 0.15) is 6.26 Å². The van der Waals surface area contributed by atoms with E-state index in [0.717, 1.165) is 37.9 Å². The summed E-state index contributed by atoms with van der Waals surface area (Å²) in [6, 6.07) is 1.79. The Balaban J connectivity index is 1.57. The van der Waals surface area contributed by atoms with Crippen molar-refractivity contribution < 1.29 is 13.6 Å². The van der Waals surface area contributed by atoms with Crippen LogP contribution in [-0.2, 0) is 4.79 Å². The average molecular weight is 301 g/mol. The molecule has 1 saturated heterocycles. The lowest BCUT2D eigenvalue weighted by Gasteiger charge is -2.30. The summed E-state index contributed by atoms with van der Waals surface area (Å²) in [5.41, 5.74) is 0.788. The molecule has 6 heteroatoms. The fourth-order valence-electron chi connectivity index (χ4n) is 2.66. The molecule has 0 radical (unpaired) electrons. The zero-order valence-corrected chi connectivity index (χ0v) is 12.4. The fraction of sp³-hybridized carbons (Fsp3) is 0.438. The van der Waals surface area contributed by atoms with Gasteiger partial charge in [-0.15, -0.1) is 16.8 Å². The van der Waals surface area contributed by atoms with Crippen molar-refractivity contribution in [1.29, 1.82) is 0 Å². The van der Waals surface area contributed by atoms with Crippen LogP contribution in [0.5, 0.6) is 0 Å². The highest BCUT2D eigenvalue weighted by atomic mass is 16.4. The molecule has 1 amide bonds. The lowest BCUT2D eigenvalue weighted by atomic mass is 9.96. The van der Waals surface area contributed by atoms with E-state index in [1.807, 2.05) is 4.90 Å². The number of likely N-dealkylation sites (tertiary alicyclic amines) is 1. The lowest BCUT2D eigenvalue weighted by molar-refractivity contribution is -0.132. The molecule has 0 aromatic carbocycles. The van der Waals surface area contributed by atoms with E-state index in [9.17, 15) is 4.79 Å². The van der Waals surface area contributed by atoms with Crippen LogP contribution in [0.3, 0.4) is 0 Å². The minimum atomic E-state index is 0.197. The quantitative estimate of drug-likeness (QED) is 0.794. The Morgan fingerprint density at radius 2 is 2.23 bits per heavy atom. The average Bonchev–Trinajstić information content (AvgIpc) is 3.23. The molecule has 1 aliphatic rings. The van der Waals surface area contributed by atoms with Crippen LogP contribution >= 0.6 is 0 Å². The van der Waals surface area contributed by atoms with Gasteiger partial charge in [0, 0.05) is 25.4 Å². The molecule has 3 rings (SSSR count). The Morgan fingerprint density at radius 3 is 2.91 bits per heavy atom. The number of hydrogen-bond donors (Lipinski definition) is 0. The molecule has 0 atom stereocenters. The molecule has 6 nitrogen and oxygen atoms in total. The normalized spacial score (nSPS) is 15.9. The van der Waals surface area contributed by atoms with Crippen LogP contribution in [-0.4, -0.2) is 34.1 Å². The zero-order valence-electron chi connectivity index (χ0n) is 12.4. The first-order valence-electron chi connectivity index (χ1n) is 7.52. The molecule has 0 saturated carbocycles. The number of aromatic nitrogens is 2. The first kappa shape index (κ1) is 14.6. The van der Waals surface area contributed by atoms with E-state index in [4.69, 9.17) is 8.83 Å². The molecule has 0 aliphatic carbocycles. The van der Waals surface area contributed by atoms with Crippen molar-refractivity contribution in [3.05, 3.63) is 37.1 Å². The van der Waals surface area contributed by atoms with Gasteiger partial charge in [-0.3, -0.25) is 4.79 Å². The van der Waals surface area contributed by atoms with Crippen molar-refractivity contribution in [2.24, 2.45) is 0 Å². The van der Waals surface area contributed by atoms with Crippen molar-refractivity contribution in [3.8, 4) is 11.5 Å². The molecule has 0 bridgehead atoms. The van der Waals surface area contributed by atoms with Crippen LogP contribution in [0.1, 0.15) is 37.5 Å². The number of carbonyl (C=O) groups excluding carboxylic acids is 1. The van der Waals surface area contributed by atoms with Gasteiger partial charge in [0.05, 0.1) is 11.8 Å². The Kier molecular flexibility index (Phi) is 4.37. The smallest absolute Gasteiger partial charge is 0.250 e. The van der Waals surface area contributed by atoms with Gasteiger partial charge < -0.3 is 13.7 Å². The van der Waals surface area contributed by atoms with E-state index >= 15 is 0 Å². The molecular weight excluding hydrogens is 282 g/mol. The number of rotatable bonds is 5. The summed E-state index contributed by atoms with van der Waals surface area (Å²) in [5, 5.41) is 8.20. The van der Waals surface area contributed by atoms with Crippen molar-refractivity contribution in [1.82, 2.24) is 15.1 Å². The van der Waals surface area contributed by atoms with Crippen molar-refractivity contribution in [2.75, 3.05) is 13.1 Å². The second kappa shape index (κ2) is 6.60. The molecule has 1 fully saturated rings. The predicted molar refractivity (Wildman–Crippen MR) is 80.0 cm³/mol. The van der Waals surface area contributed by atoms with Crippen LogP contribution in [0.15, 0.2) is 40.1 Å². The molecule has 0 spiro atoms. The third-order valence-electron chi connectivity index (χ3n) is 3.97. The molecule has 0 N–H and O–H groups in total. The van der Waals surface area contributed by atoms with Crippen LogP contribution < -0.4 is 0 Å². The molecule has 116 valence electrons. The van der Waals surface area contributed by atoms with E-state index in [0.29, 0.717) is 18.2 Å². The molecule has 0 unspecified atom stereocenters. The summed E-state index contributed by atoms with van der Waals surface area (Å²) in [7, 11) is 0. The molecular formula is C16H19N3O3. The van der Waals surface area contributed by atoms with Crippen LogP contribution in [0.25, 0.3) is 11.5 Å². The standard InChI is InChI=1S/C16H19N3O3/c1-2-3-4-14(20)19-8-5-12(6-9-19)15-17-18-16(22-15)13-7-10-21-11-13/h2,7,10-12H,1,3-6,8-9H2. The van der Waals surface area contributed by atoms with Gasteiger partial charge in [-0.25, -0.2) is 0 Å². The lowest BCUT2D eigenvalue weighted by Crippen LogP contribution is -2.37. The summed E-state index contributed by atoms with van der Waals surface area (Å²) < 4.78 is 10.7. The summed E-state index contributed by atoms with van der Waals surface area (Å²) >= 11 is 0. The van der Waals surface area contributed by atoms with Crippen molar-refractivity contribution >= 4 is 5.91 Å². The Labute approximate surface area is 128 Å². The van der Waals surface area contributed by atoms with E-state index in [1.54, 1.807) is 24.7 Å². The molecule has 2 aromatic rings. The van der Waals surface area contributed by atoms with E-state index < -0.39 is 0 Å². The van der Waals surface area contributed by atoms with Crippen LogP contribution in [0.4, 0.5) is 0 Å². The fourth-order valence-corrected chi connectivity index (χ4v) is 2.66. The Bertz CT molecular complexity index is 625. The molecule has 3 heterocycles. The maximum absolute atomic E-state index is 12.0. The van der Waals surface area contributed by atoms with Crippen LogP contribution in [0.2, 0.25) is 0 Å². The number of piperidine rings is 1. The summed E-state index contributed by atoms with van der Waals surface area (Å²) in [6.07, 6.45) is 7.92. The van der Waals surface area contributed by atoms with Gasteiger partial charge in [-0.05, 0) is 25.3 Å². The monoisotopic (exact) mass is 301 g/mol. The maximum Gasteiger partial charge on any atom is 0.250 e. The molecule has 22 heavy (non-hydrogen) atoms. The van der Waals surface area contributed by atoms with Gasteiger partial charge in [0.15, 0.2) is 0 Å². The third-order valence-corrected chi connectivity index (χ3v) is 3.97. The number of furan rings is 1. The zero-order chi connectivity index (χ0) is 15.4. The van der Waals surface area contributed by atoms with Crippen molar-refractivity contribution in [2.45, 2.75) is 31.6 Å². The van der Waals surface area contributed by atoms with Gasteiger partial charge in [-0.1, -0.05) is 6.08 Å². The van der Waals surface area contributed by atoms with Crippen LogP contribution in [0, 0.1) is 0 Å². The minimum absolute atomic E-state index is 0.197. The van der Waals surface area contributed by atoms with Gasteiger partial charge in [0.2, 0.25) is 11.8 Å². The second-order valence-electron chi connectivity index (χ2n) is 5.44. The summed E-state index contributed by atoms with van der Waals surface area (Å²) in [4.78, 5) is 13.9. The first-order chi connectivity index (χ1) is 10.8. The third kappa shape index (κ3) is 3.10. The first-order valence-corrected chi connectivity index (χ1v) is 7.52. The predicted octanol–water partition coefficient (Wildman–Crippen LogP) is 3.00. The topological polar surface area (TPSA) is 72.4 Å². The second-order valence-corrected chi connectivity index (χ2v) is 5.44. The number of nitrogens with zero attached hydrogens (tertiary/aromatic N) is 3. The summed E-state index contributed by atoms with van der Waals surface area (Å²) in [5.74, 6) is 1.54. The van der Waals surface area contributed by atoms with E-state index in [-0.39, 0.29) is 11.8 Å². The largest absolute Gasteiger partial charge is 0.472 e. The maximum atomic E-state index is 12.0. The van der Waals surface area contributed by atoms with E-state index in [2.05, 4.69) is 16.8 Å².